The third kappa shape index (κ3) is 4.35. The molecule has 2 aromatic rings. The van der Waals surface area contributed by atoms with Crippen molar-refractivity contribution in [2.75, 3.05) is 18.0 Å². The number of halogens is 2. The van der Waals surface area contributed by atoms with Crippen LogP contribution in [0.2, 0.25) is 5.02 Å². The number of likely N-dealkylation sites (tertiary alicyclic amines) is 1. The van der Waals surface area contributed by atoms with Crippen molar-refractivity contribution in [3.05, 3.63) is 76.7 Å². The predicted molar refractivity (Wildman–Crippen MR) is 111 cm³/mol. The Morgan fingerprint density at radius 2 is 1.76 bits per heavy atom. The molecule has 4 rings (SSSR count). The molecular weight excluding hydrogens is 391 g/mol. The minimum atomic E-state index is -0.319. The quantitative estimate of drug-likeness (QED) is 0.675. The molecule has 0 aromatic heterocycles. The van der Waals surface area contributed by atoms with Crippen LogP contribution in [0.3, 0.4) is 0 Å². The summed E-state index contributed by atoms with van der Waals surface area (Å²) in [7, 11) is 0. The topological polar surface area (TPSA) is 40.6 Å². The molecule has 1 fully saturated rings. The molecular formula is C23H22ClFN2O2. The molecule has 150 valence electrons. The van der Waals surface area contributed by atoms with Gasteiger partial charge in [0.05, 0.1) is 5.69 Å². The average Bonchev–Trinajstić information content (AvgIpc) is 3.02. The summed E-state index contributed by atoms with van der Waals surface area (Å²) in [5.74, 6) is -0.260. The van der Waals surface area contributed by atoms with Crippen LogP contribution in [0.1, 0.15) is 24.8 Å². The fourth-order valence-corrected chi connectivity index (χ4v) is 4.17. The third-order valence-electron chi connectivity index (χ3n) is 5.67. The zero-order valence-electron chi connectivity index (χ0n) is 16.0. The number of carbonyl (C=O) groups excluding carboxylic acids is 2. The van der Waals surface area contributed by atoms with Crippen LogP contribution in [0.4, 0.5) is 10.1 Å². The summed E-state index contributed by atoms with van der Waals surface area (Å²) in [6.07, 6.45) is 5.20. The molecule has 2 aromatic carbocycles. The van der Waals surface area contributed by atoms with Crippen molar-refractivity contribution in [3.8, 4) is 0 Å². The number of imide groups is 1. The Labute approximate surface area is 174 Å². The maximum atomic E-state index is 13.3. The fraction of sp³-hybridized carbons (Fsp3) is 0.304. The van der Waals surface area contributed by atoms with E-state index < -0.39 is 0 Å². The lowest BCUT2D eigenvalue weighted by Crippen LogP contribution is -2.39. The van der Waals surface area contributed by atoms with Gasteiger partial charge in [-0.05, 0) is 73.6 Å². The standard InChI is InChI=1S/C23H22ClFN2O2/c24-18-6-8-20(9-7-18)27-22(28)15-21(23(27)29)26-12-10-16(11-13-26)4-5-17-2-1-3-19(25)14-17/h1-3,6-9,14-16H,4-5,10-13H2. The van der Waals surface area contributed by atoms with Gasteiger partial charge in [0.1, 0.15) is 11.5 Å². The lowest BCUT2D eigenvalue weighted by Gasteiger charge is -2.33. The second kappa shape index (κ2) is 8.37. The van der Waals surface area contributed by atoms with E-state index in [1.807, 2.05) is 11.0 Å². The Bertz CT molecular complexity index is 950. The minimum absolute atomic E-state index is 0.195. The molecule has 2 amide bonds. The fourth-order valence-electron chi connectivity index (χ4n) is 4.04. The molecule has 0 unspecified atom stereocenters. The zero-order valence-corrected chi connectivity index (χ0v) is 16.7. The van der Waals surface area contributed by atoms with E-state index in [1.165, 1.54) is 17.0 Å². The Morgan fingerprint density at radius 1 is 1.03 bits per heavy atom. The summed E-state index contributed by atoms with van der Waals surface area (Å²) in [5, 5.41) is 0.557. The highest BCUT2D eigenvalue weighted by Gasteiger charge is 2.36. The summed E-state index contributed by atoms with van der Waals surface area (Å²) < 4.78 is 13.3. The number of hydrogen-bond donors (Lipinski definition) is 0. The summed E-state index contributed by atoms with van der Waals surface area (Å²) in [4.78, 5) is 28.5. The van der Waals surface area contributed by atoms with Crippen LogP contribution in [0.25, 0.3) is 0 Å². The number of aryl methyl sites for hydroxylation is 1. The highest BCUT2D eigenvalue weighted by atomic mass is 35.5. The molecule has 0 bridgehead atoms. The summed E-state index contributed by atoms with van der Waals surface area (Å²) in [6, 6.07) is 13.4. The highest BCUT2D eigenvalue weighted by Crippen LogP contribution is 2.30. The van der Waals surface area contributed by atoms with Gasteiger partial charge in [-0.3, -0.25) is 9.59 Å². The van der Waals surface area contributed by atoms with Gasteiger partial charge in [0.25, 0.3) is 11.8 Å². The first-order chi connectivity index (χ1) is 14.0. The van der Waals surface area contributed by atoms with Crippen LogP contribution >= 0.6 is 11.6 Å². The van der Waals surface area contributed by atoms with Gasteiger partial charge >= 0.3 is 0 Å². The average molecular weight is 413 g/mol. The summed E-state index contributed by atoms with van der Waals surface area (Å²) in [5.41, 5.74) is 2.01. The second-order valence-electron chi connectivity index (χ2n) is 7.58. The molecule has 0 N–H and O–H groups in total. The number of amides is 2. The monoisotopic (exact) mass is 412 g/mol. The van der Waals surface area contributed by atoms with E-state index >= 15 is 0 Å². The van der Waals surface area contributed by atoms with Crippen molar-refractivity contribution in [2.45, 2.75) is 25.7 Å². The van der Waals surface area contributed by atoms with Crippen molar-refractivity contribution in [3.63, 3.8) is 0 Å². The molecule has 4 nitrogen and oxygen atoms in total. The van der Waals surface area contributed by atoms with E-state index in [0.717, 1.165) is 44.3 Å². The molecule has 2 heterocycles. The molecule has 0 spiro atoms. The maximum absolute atomic E-state index is 13.3. The SMILES string of the molecule is O=C1C=C(N2CCC(CCc3cccc(F)c3)CC2)C(=O)N1c1ccc(Cl)cc1. The van der Waals surface area contributed by atoms with Crippen molar-refractivity contribution < 1.29 is 14.0 Å². The molecule has 6 heteroatoms. The van der Waals surface area contributed by atoms with Gasteiger partial charge in [-0.15, -0.1) is 0 Å². The zero-order chi connectivity index (χ0) is 20.4. The normalized spacial score (nSPS) is 17.8. The van der Waals surface area contributed by atoms with Crippen molar-refractivity contribution in [1.82, 2.24) is 4.90 Å². The number of benzene rings is 2. The van der Waals surface area contributed by atoms with Crippen LogP contribution in [0.15, 0.2) is 60.3 Å². The summed E-state index contributed by atoms with van der Waals surface area (Å²) in [6.45, 7) is 1.49. The first-order valence-corrected chi connectivity index (χ1v) is 10.2. The number of nitrogens with zero attached hydrogens (tertiary/aromatic N) is 2. The molecule has 0 radical (unpaired) electrons. The number of piperidine rings is 1. The van der Waals surface area contributed by atoms with Gasteiger partial charge in [-0.2, -0.15) is 0 Å². The van der Waals surface area contributed by atoms with Gasteiger partial charge in [0.2, 0.25) is 0 Å². The molecule has 2 aliphatic rings. The number of rotatable bonds is 5. The first-order valence-electron chi connectivity index (χ1n) is 9.86. The number of hydrogen-bond acceptors (Lipinski definition) is 3. The second-order valence-corrected chi connectivity index (χ2v) is 8.02. The minimum Gasteiger partial charge on any atom is -0.367 e. The van der Waals surface area contributed by atoms with Crippen LogP contribution < -0.4 is 4.90 Å². The van der Waals surface area contributed by atoms with Crippen molar-refractivity contribution in [1.29, 1.82) is 0 Å². The van der Waals surface area contributed by atoms with E-state index in [4.69, 9.17) is 11.6 Å². The van der Waals surface area contributed by atoms with Gasteiger partial charge in [-0.1, -0.05) is 23.7 Å². The largest absolute Gasteiger partial charge is 0.367 e. The third-order valence-corrected chi connectivity index (χ3v) is 5.93. The first kappa shape index (κ1) is 19.6. The predicted octanol–water partition coefficient (Wildman–Crippen LogP) is 4.58. The van der Waals surface area contributed by atoms with Crippen LogP contribution in [0, 0.1) is 11.7 Å². The molecule has 2 aliphatic heterocycles. The van der Waals surface area contributed by atoms with E-state index in [9.17, 15) is 14.0 Å². The van der Waals surface area contributed by atoms with Crippen molar-refractivity contribution in [2.24, 2.45) is 5.92 Å². The van der Waals surface area contributed by atoms with E-state index in [2.05, 4.69) is 0 Å². The van der Waals surface area contributed by atoms with Gasteiger partial charge in [0.15, 0.2) is 0 Å². The van der Waals surface area contributed by atoms with E-state index in [1.54, 1.807) is 36.4 Å². The Hall–Kier alpha value is -2.66. The Balaban J connectivity index is 1.34. The maximum Gasteiger partial charge on any atom is 0.281 e. The highest BCUT2D eigenvalue weighted by molar-refractivity contribution is 6.32. The molecule has 0 aliphatic carbocycles. The van der Waals surface area contributed by atoms with E-state index in [-0.39, 0.29) is 17.6 Å². The van der Waals surface area contributed by atoms with Crippen LogP contribution in [0.5, 0.6) is 0 Å². The molecule has 0 atom stereocenters. The Morgan fingerprint density at radius 3 is 2.45 bits per heavy atom. The lowest BCUT2D eigenvalue weighted by molar-refractivity contribution is -0.121. The number of carbonyl (C=O) groups is 2. The lowest BCUT2D eigenvalue weighted by atomic mass is 9.90. The van der Waals surface area contributed by atoms with Crippen LogP contribution in [-0.2, 0) is 16.0 Å². The van der Waals surface area contributed by atoms with Gasteiger partial charge in [-0.25, -0.2) is 9.29 Å². The molecule has 1 saturated heterocycles. The van der Waals surface area contributed by atoms with E-state index in [0.29, 0.717) is 22.3 Å². The van der Waals surface area contributed by atoms with Gasteiger partial charge < -0.3 is 4.90 Å². The number of anilines is 1. The van der Waals surface area contributed by atoms with Gasteiger partial charge in [0, 0.05) is 24.2 Å². The molecule has 29 heavy (non-hydrogen) atoms. The summed E-state index contributed by atoms with van der Waals surface area (Å²) >= 11 is 5.90. The Kier molecular flexibility index (Phi) is 5.67. The van der Waals surface area contributed by atoms with Crippen molar-refractivity contribution >= 4 is 29.1 Å². The molecule has 0 saturated carbocycles. The smallest absolute Gasteiger partial charge is 0.281 e. The van der Waals surface area contributed by atoms with Crippen LogP contribution in [-0.4, -0.2) is 29.8 Å².